The Morgan fingerprint density at radius 2 is 1.89 bits per heavy atom. The van der Waals surface area contributed by atoms with Gasteiger partial charge in [-0.2, -0.15) is 4.57 Å². The molecule has 1 aromatic carbocycles. The zero-order valence-electron chi connectivity index (χ0n) is 9.61. The van der Waals surface area contributed by atoms with E-state index in [2.05, 4.69) is 4.98 Å². The number of carbonyl (C=O) groups is 1. The summed E-state index contributed by atoms with van der Waals surface area (Å²) in [5.74, 6) is 0.0485. The van der Waals surface area contributed by atoms with Crippen LogP contribution in [-0.4, -0.2) is 10.8 Å². The molecule has 3 aromatic rings. The molecule has 2 heterocycles. The molecule has 0 saturated carbocycles. The van der Waals surface area contributed by atoms with Gasteiger partial charge in [0, 0.05) is 12.1 Å². The van der Waals surface area contributed by atoms with Gasteiger partial charge in [0.2, 0.25) is 6.54 Å². The first-order valence-electron chi connectivity index (χ1n) is 5.66. The minimum absolute atomic E-state index is 0.0485. The standard InChI is InChI=1S/C14H11N2OS/c17-12(10-16-8-4-1-5-9-16)14-15-11-6-2-3-7-13(11)18-14/h1-9H,10H2/q+1. The Hall–Kier alpha value is -2.07. The highest BCUT2D eigenvalue weighted by Gasteiger charge is 2.16. The van der Waals surface area contributed by atoms with Crippen LogP contribution >= 0.6 is 11.3 Å². The number of hydrogen-bond acceptors (Lipinski definition) is 3. The Labute approximate surface area is 108 Å². The van der Waals surface area contributed by atoms with Crippen molar-refractivity contribution in [1.82, 2.24) is 4.98 Å². The third kappa shape index (κ3) is 2.15. The van der Waals surface area contributed by atoms with E-state index < -0.39 is 0 Å². The Morgan fingerprint density at radius 3 is 2.67 bits per heavy atom. The second-order valence-electron chi connectivity index (χ2n) is 3.96. The molecule has 0 bridgehead atoms. The van der Waals surface area contributed by atoms with Gasteiger partial charge in [0.1, 0.15) is 0 Å². The van der Waals surface area contributed by atoms with Crippen molar-refractivity contribution in [1.29, 1.82) is 0 Å². The maximum atomic E-state index is 12.1. The number of pyridine rings is 1. The summed E-state index contributed by atoms with van der Waals surface area (Å²) in [5.41, 5.74) is 0.893. The molecule has 4 heteroatoms. The molecule has 0 atom stereocenters. The molecule has 0 aliphatic heterocycles. The van der Waals surface area contributed by atoms with Crippen molar-refractivity contribution >= 4 is 27.3 Å². The molecule has 88 valence electrons. The first-order chi connectivity index (χ1) is 8.83. The molecule has 3 rings (SSSR count). The molecule has 0 amide bonds. The van der Waals surface area contributed by atoms with Crippen LogP contribution in [0.2, 0.25) is 0 Å². The fraction of sp³-hybridized carbons (Fsp3) is 0.0714. The lowest BCUT2D eigenvalue weighted by Gasteiger charge is -1.92. The molecule has 0 aliphatic carbocycles. The molecule has 18 heavy (non-hydrogen) atoms. The van der Waals surface area contributed by atoms with Gasteiger partial charge in [0.25, 0.3) is 5.78 Å². The minimum Gasteiger partial charge on any atom is -0.284 e. The number of Topliss-reactive ketones (excluding diaryl/α,β-unsaturated/α-hetero) is 1. The Balaban J connectivity index is 1.88. The van der Waals surface area contributed by atoms with Gasteiger partial charge in [-0.3, -0.25) is 4.79 Å². The molecule has 3 nitrogen and oxygen atoms in total. The van der Waals surface area contributed by atoms with Crippen LogP contribution < -0.4 is 4.57 Å². The average molecular weight is 255 g/mol. The minimum atomic E-state index is 0.0485. The molecule has 0 N–H and O–H groups in total. The third-order valence-corrected chi connectivity index (χ3v) is 3.71. The van der Waals surface area contributed by atoms with Gasteiger partial charge in [-0.1, -0.05) is 18.2 Å². The predicted octanol–water partition coefficient (Wildman–Crippen LogP) is 2.47. The van der Waals surface area contributed by atoms with Gasteiger partial charge in [-0.15, -0.1) is 11.3 Å². The summed E-state index contributed by atoms with van der Waals surface area (Å²) in [4.78, 5) is 16.5. The molecule has 0 saturated heterocycles. The van der Waals surface area contributed by atoms with Crippen LogP contribution in [-0.2, 0) is 6.54 Å². The number of nitrogens with zero attached hydrogens (tertiary/aromatic N) is 2. The van der Waals surface area contributed by atoms with Gasteiger partial charge < -0.3 is 0 Å². The quantitative estimate of drug-likeness (QED) is 0.532. The van der Waals surface area contributed by atoms with Crippen LogP contribution in [0.25, 0.3) is 10.2 Å². The second-order valence-corrected chi connectivity index (χ2v) is 4.99. The maximum Gasteiger partial charge on any atom is 0.255 e. The first kappa shape index (κ1) is 11.0. The average Bonchev–Trinajstić information content (AvgIpc) is 2.84. The normalized spacial score (nSPS) is 10.7. The van der Waals surface area contributed by atoms with E-state index in [9.17, 15) is 4.79 Å². The highest BCUT2D eigenvalue weighted by molar-refractivity contribution is 7.20. The fourth-order valence-electron chi connectivity index (χ4n) is 1.76. The third-order valence-electron chi connectivity index (χ3n) is 2.64. The Bertz CT molecular complexity index is 658. The summed E-state index contributed by atoms with van der Waals surface area (Å²) in [6.07, 6.45) is 3.76. The van der Waals surface area contributed by atoms with Crippen LogP contribution in [0, 0.1) is 0 Å². The molecular weight excluding hydrogens is 244 g/mol. The van der Waals surface area contributed by atoms with Crippen molar-refractivity contribution in [3.63, 3.8) is 0 Å². The van der Waals surface area contributed by atoms with Crippen LogP contribution in [0.5, 0.6) is 0 Å². The lowest BCUT2D eigenvalue weighted by atomic mass is 10.3. The summed E-state index contributed by atoms with van der Waals surface area (Å²) in [7, 11) is 0. The number of thiazole rings is 1. The summed E-state index contributed by atoms with van der Waals surface area (Å²) in [6, 6.07) is 13.6. The van der Waals surface area contributed by atoms with Gasteiger partial charge in [-0.25, -0.2) is 4.98 Å². The van der Waals surface area contributed by atoms with E-state index >= 15 is 0 Å². The molecule has 0 unspecified atom stereocenters. The first-order valence-corrected chi connectivity index (χ1v) is 6.47. The van der Waals surface area contributed by atoms with Crippen LogP contribution in [0.1, 0.15) is 9.80 Å². The van der Waals surface area contributed by atoms with E-state index in [1.54, 1.807) is 0 Å². The van der Waals surface area contributed by atoms with E-state index in [1.807, 2.05) is 59.4 Å². The Morgan fingerprint density at radius 1 is 1.11 bits per heavy atom. The topological polar surface area (TPSA) is 33.8 Å². The smallest absolute Gasteiger partial charge is 0.255 e. The molecule has 2 aromatic heterocycles. The zero-order valence-corrected chi connectivity index (χ0v) is 10.4. The van der Waals surface area contributed by atoms with Crippen molar-refractivity contribution in [2.75, 3.05) is 0 Å². The number of hydrogen-bond donors (Lipinski definition) is 0. The highest BCUT2D eigenvalue weighted by Crippen LogP contribution is 2.21. The summed E-state index contributed by atoms with van der Waals surface area (Å²) >= 11 is 1.45. The number of para-hydroxylation sites is 1. The molecular formula is C14H11N2OS+. The molecule has 0 spiro atoms. The maximum absolute atomic E-state index is 12.1. The van der Waals surface area contributed by atoms with Crippen molar-refractivity contribution in [2.45, 2.75) is 6.54 Å². The van der Waals surface area contributed by atoms with Crippen molar-refractivity contribution < 1.29 is 9.36 Å². The lowest BCUT2D eigenvalue weighted by molar-refractivity contribution is -0.683. The van der Waals surface area contributed by atoms with E-state index in [0.717, 1.165) is 10.2 Å². The van der Waals surface area contributed by atoms with Gasteiger partial charge in [-0.05, 0) is 12.1 Å². The van der Waals surface area contributed by atoms with Crippen molar-refractivity contribution in [3.8, 4) is 0 Å². The van der Waals surface area contributed by atoms with Crippen molar-refractivity contribution in [3.05, 3.63) is 59.9 Å². The van der Waals surface area contributed by atoms with Gasteiger partial charge >= 0.3 is 0 Å². The lowest BCUT2D eigenvalue weighted by Crippen LogP contribution is -2.36. The molecule has 0 radical (unpaired) electrons. The fourth-order valence-corrected chi connectivity index (χ4v) is 2.66. The van der Waals surface area contributed by atoms with Crippen LogP contribution in [0.3, 0.4) is 0 Å². The number of fused-ring (bicyclic) bond motifs is 1. The Kier molecular flexibility index (Phi) is 2.86. The van der Waals surface area contributed by atoms with Crippen LogP contribution in [0.15, 0.2) is 54.9 Å². The van der Waals surface area contributed by atoms with E-state index in [0.29, 0.717) is 11.6 Å². The number of benzene rings is 1. The molecule has 0 aliphatic rings. The second kappa shape index (κ2) is 4.66. The van der Waals surface area contributed by atoms with E-state index in [4.69, 9.17) is 0 Å². The SMILES string of the molecule is O=C(C[n+]1ccccc1)c1nc2ccccc2s1. The van der Waals surface area contributed by atoms with Gasteiger partial charge in [0.15, 0.2) is 17.4 Å². The largest absolute Gasteiger partial charge is 0.284 e. The monoisotopic (exact) mass is 255 g/mol. The van der Waals surface area contributed by atoms with Gasteiger partial charge in [0.05, 0.1) is 10.2 Å². The van der Waals surface area contributed by atoms with E-state index in [1.165, 1.54) is 11.3 Å². The van der Waals surface area contributed by atoms with Crippen LogP contribution in [0.4, 0.5) is 0 Å². The number of ketones is 1. The summed E-state index contributed by atoms with van der Waals surface area (Å²) < 4.78 is 2.91. The number of rotatable bonds is 3. The number of carbonyl (C=O) groups excluding carboxylic acids is 1. The zero-order chi connectivity index (χ0) is 12.4. The predicted molar refractivity (Wildman–Crippen MR) is 70.6 cm³/mol. The van der Waals surface area contributed by atoms with Crippen molar-refractivity contribution in [2.24, 2.45) is 0 Å². The number of aromatic nitrogens is 2. The summed E-state index contributed by atoms with van der Waals surface area (Å²) in [5, 5.41) is 0.576. The highest BCUT2D eigenvalue weighted by atomic mass is 32.1. The van der Waals surface area contributed by atoms with E-state index in [-0.39, 0.29) is 5.78 Å². The molecule has 0 fully saturated rings. The summed E-state index contributed by atoms with van der Waals surface area (Å²) in [6.45, 7) is 0.334.